The zero-order chi connectivity index (χ0) is 15.2. The number of nitrogens with one attached hydrogen (secondary N) is 1. The van der Waals surface area contributed by atoms with Gasteiger partial charge in [-0.1, -0.05) is 6.92 Å². The van der Waals surface area contributed by atoms with Gasteiger partial charge in [0.25, 0.3) is 0 Å². The van der Waals surface area contributed by atoms with Crippen molar-refractivity contribution in [1.82, 2.24) is 4.72 Å². The lowest BCUT2D eigenvalue weighted by molar-refractivity contribution is 0.320. The molecule has 0 saturated carbocycles. The summed E-state index contributed by atoms with van der Waals surface area (Å²) in [7, 11) is -3.59. The second kappa shape index (κ2) is 7.50. The molecule has 0 atom stereocenters. The highest BCUT2D eigenvalue weighted by atomic mass is 32.2. The Labute approximate surface area is 121 Å². The van der Waals surface area contributed by atoms with E-state index in [1.165, 1.54) is 6.07 Å². The van der Waals surface area contributed by atoms with Crippen molar-refractivity contribution in [3.63, 3.8) is 0 Å². The first-order chi connectivity index (χ1) is 9.46. The summed E-state index contributed by atoms with van der Waals surface area (Å²) in [6, 6.07) is 3.23. The number of hydrogen-bond donors (Lipinski definition) is 1. The van der Waals surface area contributed by atoms with Gasteiger partial charge in [-0.3, -0.25) is 0 Å². The van der Waals surface area contributed by atoms with Gasteiger partial charge in [0.15, 0.2) is 0 Å². The summed E-state index contributed by atoms with van der Waals surface area (Å²) in [6.07, 6.45) is 0.730. The Kier molecular flexibility index (Phi) is 6.29. The van der Waals surface area contributed by atoms with Crippen LogP contribution < -0.4 is 14.2 Å². The van der Waals surface area contributed by atoms with Crippen LogP contribution in [0.1, 0.15) is 32.8 Å². The average Bonchev–Trinajstić information content (AvgIpc) is 2.40. The number of aryl methyl sites for hydroxylation is 1. The highest BCUT2D eigenvalue weighted by molar-refractivity contribution is 7.89. The summed E-state index contributed by atoms with van der Waals surface area (Å²) in [5.74, 6) is 0.921. The van der Waals surface area contributed by atoms with E-state index in [2.05, 4.69) is 4.72 Å². The van der Waals surface area contributed by atoms with Gasteiger partial charge in [-0.05, 0) is 38.8 Å². The summed E-state index contributed by atoms with van der Waals surface area (Å²) in [5, 5.41) is 0. The van der Waals surface area contributed by atoms with Crippen LogP contribution in [-0.4, -0.2) is 28.2 Å². The molecule has 0 aliphatic rings. The van der Waals surface area contributed by atoms with E-state index in [0.717, 1.165) is 12.0 Å². The van der Waals surface area contributed by atoms with E-state index in [1.807, 2.05) is 27.7 Å². The van der Waals surface area contributed by atoms with Gasteiger partial charge >= 0.3 is 0 Å². The molecule has 1 aromatic rings. The van der Waals surface area contributed by atoms with Gasteiger partial charge in [0.05, 0.1) is 13.2 Å². The van der Waals surface area contributed by atoms with E-state index in [-0.39, 0.29) is 4.90 Å². The Morgan fingerprint density at radius 1 is 1.05 bits per heavy atom. The van der Waals surface area contributed by atoms with E-state index >= 15 is 0 Å². The molecule has 1 aromatic carbocycles. The van der Waals surface area contributed by atoms with Crippen LogP contribution in [-0.2, 0) is 10.0 Å². The summed E-state index contributed by atoms with van der Waals surface area (Å²) < 4.78 is 38.1. The fourth-order valence-corrected chi connectivity index (χ4v) is 3.02. The standard InChI is InChI=1S/C14H23NO4S/c1-5-8-15-20(16,17)14-10-12(18-6-2)11(4)9-13(14)19-7-3/h9-10,15H,5-8H2,1-4H3. The summed E-state index contributed by atoms with van der Waals surface area (Å²) >= 11 is 0. The minimum Gasteiger partial charge on any atom is -0.494 e. The molecule has 20 heavy (non-hydrogen) atoms. The third-order valence-electron chi connectivity index (χ3n) is 2.67. The van der Waals surface area contributed by atoms with Crippen LogP contribution >= 0.6 is 0 Å². The highest BCUT2D eigenvalue weighted by Gasteiger charge is 2.21. The molecule has 0 fully saturated rings. The topological polar surface area (TPSA) is 64.6 Å². The minimum atomic E-state index is -3.59. The average molecular weight is 301 g/mol. The molecule has 1 rings (SSSR count). The third kappa shape index (κ3) is 4.11. The van der Waals surface area contributed by atoms with Crippen LogP contribution in [0.2, 0.25) is 0 Å². The van der Waals surface area contributed by atoms with E-state index in [1.54, 1.807) is 6.07 Å². The molecular formula is C14H23NO4S. The molecule has 0 aromatic heterocycles. The highest BCUT2D eigenvalue weighted by Crippen LogP contribution is 2.32. The Morgan fingerprint density at radius 3 is 2.20 bits per heavy atom. The van der Waals surface area contributed by atoms with Crippen LogP contribution in [0.4, 0.5) is 0 Å². The van der Waals surface area contributed by atoms with Crippen molar-refractivity contribution in [2.24, 2.45) is 0 Å². The van der Waals surface area contributed by atoms with Crippen molar-refractivity contribution in [2.45, 2.75) is 39.0 Å². The summed E-state index contributed by atoms with van der Waals surface area (Å²) in [6.45, 7) is 8.74. The largest absolute Gasteiger partial charge is 0.494 e. The van der Waals surface area contributed by atoms with Gasteiger partial charge in [0, 0.05) is 12.6 Å². The van der Waals surface area contributed by atoms with Gasteiger partial charge in [-0.2, -0.15) is 0 Å². The van der Waals surface area contributed by atoms with E-state index in [0.29, 0.717) is 31.3 Å². The van der Waals surface area contributed by atoms with Crippen LogP contribution in [0.25, 0.3) is 0 Å². The molecule has 0 heterocycles. The first kappa shape index (κ1) is 16.8. The maximum absolute atomic E-state index is 12.3. The predicted molar refractivity (Wildman–Crippen MR) is 79.0 cm³/mol. The molecule has 0 saturated heterocycles. The van der Waals surface area contributed by atoms with Crippen LogP contribution in [0.3, 0.4) is 0 Å². The van der Waals surface area contributed by atoms with Crippen molar-refractivity contribution in [1.29, 1.82) is 0 Å². The molecule has 0 aliphatic heterocycles. The minimum absolute atomic E-state index is 0.127. The van der Waals surface area contributed by atoms with E-state index in [9.17, 15) is 8.42 Å². The van der Waals surface area contributed by atoms with Crippen molar-refractivity contribution < 1.29 is 17.9 Å². The van der Waals surface area contributed by atoms with E-state index < -0.39 is 10.0 Å². The van der Waals surface area contributed by atoms with Gasteiger partial charge < -0.3 is 9.47 Å². The fraction of sp³-hybridized carbons (Fsp3) is 0.571. The van der Waals surface area contributed by atoms with Crippen molar-refractivity contribution in [2.75, 3.05) is 19.8 Å². The molecule has 0 amide bonds. The molecule has 114 valence electrons. The predicted octanol–water partition coefficient (Wildman–Crippen LogP) is 2.48. The maximum atomic E-state index is 12.3. The molecule has 1 N–H and O–H groups in total. The number of ether oxygens (including phenoxy) is 2. The van der Waals surface area contributed by atoms with Gasteiger partial charge in [0.1, 0.15) is 16.4 Å². The number of sulfonamides is 1. The van der Waals surface area contributed by atoms with Crippen LogP contribution in [0.15, 0.2) is 17.0 Å². The van der Waals surface area contributed by atoms with E-state index in [4.69, 9.17) is 9.47 Å². The third-order valence-corrected chi connectivity index (χ3v) is 4.15. The molecule has 0 radical (unpaired) electrons. The van der Waals surface area contributed by atoms with Crippen LogP contribution in [0.5, 0.6) is 11.5 Å². The molecule has 5 nitrogen and oxygen atoms in total. The monoisotopic (exact) mass is 301 g/mol. The Hall–Kier alpha value is -1.27. The van der Waals surface area contributed by atoms with Crippen molar-refractivity contribution in [3.05, 3.63) is 17.7 Å². The van der Waals surface area contributed by atoms with Gasteiger partial charge in [-0.15, -0.1) is 0 Å². The Bertz CT molecular complexity index is 540. The lowest BCUT2D eigenvalue weighted by Crippen LogP contribution is -2.25. The van der Waals surface area contributed by atoms with Crippen LogP contribution in [0, 0.1) is 6.92 Å². The quantitative estimate of drug-likeness (QED) is 0.801. The molecular weight excluding hydrogens is 278 g/mol. The Morgan fingerprint density at radius 2 is 1.65 bits per heavy atom. The van der Waals surface area contributed by atoms with Gasteiger partial charge in [0.2, 0.25) is 10.0 Å². The lowest BCUT2D eigenvalue weighted by Gasteiger charge is -2.15. The first-order valence-electron chi connectivity index (χ1n) is 6.86. The van der Waals surface area contributed by atoms with Crippen molar-refractivity contribution >= 4 is 10.0 Å². The molecule has 0 bridgehead atoms. The van der Waals surface area contributed by atoms with Crippen molar-refractivity contribution in [3.8, 4) is 11.5 Å². The molecule has 0 spiro atoms. The number of benzene rings is 1. The summed E-state index contributed by atoms with van der Waals surface area (Å²) in [4.78, 5) is 0.127. The molecule has 0 unspecified atom stereocenters. The zero-order valence-corrected chi connectivity index (χ0v) is 13.3. The maximum Gasteiger partial charge on any atom is 0.244 e. The fourth-order valence-electron chi connectivity index (χ4n) is 1.75. The Balaban J connectivity index is 3.29. The second-order valence-corrected chi connectivity index (χ2v) is 6.06. The molecule has 0 aliphatic carbocycles. The first-order valence-corrected chi connectivity index (χ1v) is 8.34. The SMILES string of the molecule is CCCNS(=O)(=O)c1cc(OCC)c(C)cc1OCC. The lowest BCUT2D eigenvalue weighted by atomic mass is 10.2. The number of rotatable bonds is 8. The second-order valence-electron chi connectivity index (χ2n) is 4.33. The van der Waals surface area contributed by atoms with Gasteiger partial charge in [-0.25, -0.2) is 13.1 Å². The normalized spacial score (nSPS) is 11.4. The zero-order valence-electron chi connectivity index (χ0n) is 12.5. The molecule has 6 heteroatoms. The smallest absolute Gasteiger partial charge is 0.244 e. The summed E-state index contributed by atoms with van der Waals surface area (Å²) in [5.41, 5.74) is 0.852. The number of hydrogen-bond acceptors (Lipinski definition) is 4.